The minimum absolute atomic E-state index is 0.00367. The molecule has 0 radical (unpaired) electrons. The molecular formula is C26H34N4O5. The van der Waals surface area contributed by atoms with Crippen LogP contribution in [0.25, 0.3) is 0 Å². The smallest absolute Gasteiger partial charge is 0.317 e. The summed E-state index contributed by atoms with van der Waals surface area (Å²) in [6.45, 7) is 2.10. The van der Waals surface area contributed by atoms with Crippen LogP contribution < -0.4 is 10.6 Å². The van der Waals surface area contributed by atoms with Crippen molar-refractivity contribution < 1.29 is 23.9 Å². The van der Waals surface area contributed by atoms with Gasteiger partial charge in [0.2, 0.25) is 0 Å². The van der Waals surface area contributed by atoms with Crippen molar-refractivity contribution in [3.63, 3.8) is 0 Å². The highest BCUT2D eigenvalue weighted by Crippen LogP contribution is 2.26. The summed E-state index contributed by atoms with van der Waals surface area (Å²) < 4.78 is 5.58. The first-order valence-corrected chi connectivity index (χ1v) is 13.0. The Bertz CT molecular complexity index is 991. The zero-order valence-corrected chi connectivity index (χ0v) is 20.1. The maximum atomic E-state index is 12.9. The Morgan fingerprint density at radius 3 is 2.29 bits per heavy atom. The molecule has 5 rings (SSSR count). The Kier molecular flexibility index (Phi) is 7.04. The Balaban J connectivity index is 1.14. The van der Waals surface area contributed by atoms with Crippen molar-refractivity contribution in [3.8, 4) is 0 Å². The predicted molar refractivity (Wildman–Crippen MR) is 128 cm³/mol. The molecule has 3 heterocycles. The van der Waals surface area contributed by atoms with Crippen molar-refractivity contribution in [2.45, 2.75) is 76.0 Å². The minimum Gasteiger partial charge on any atom is -0.376 e. The molecule has 188 valence electrons. The summed E-state index contributed by atoms with van der Waals surface area (Å²) >= 11 is 0. The third-order valence-corrected chi connectivity index (χ3v) is 7.69. The van der Waals surface area contributed by atoms with Crippen LogP contribution in [0, 0.1) is 0 Å². The van der Waals surface area contributed by atoms with Gasteiger partial charge in [0.05, 0.1) is 23.8 Å². The lowest BCUT2D eigenvalue weighted by atomic mass is 9.95. The minimum atomic E-state index is -0.368. The van der Waals surface area contributed by atoms with Gasteiger partial charge >= 0.3 is 6.03 Å². The molecule has 0 aromatic heterocycles. The van der Waals surface area contributed by atoms with Gasteiger partial charge in [0.1, 0.15) is 0 Å². The van der Waals surface area contributed by atoms with Gasteiger partial charge in [-0.25, -0.2) is 4.79 Å². The average Bonchev–Trinajstić information content (AvgIpc) is 3.48. The number of hydrogen-bond acceptors (Lipinski definition) is 5. The molecule has 3 aliphatic heterocycles. The van der Waals surface area contributed by atoms with Gasteiger partial charge in [-0.1, -0.05) is 19.3 Å². The third kappa shape index (κ3) is 5.19. The van der Waals surface area contributed by atoms with Gasteiger partial charge in [0.25, 0.3) is 17.7 Å². The van der Waals surface area contributed by atoms with Crippen molar-refractivity contribution in [1.29, 1.82) is 0 Å². The first kappa shape index (κ1) is 23.8. The summed E-state index contributed by atoms with van der Waals surface area (Å²) in [5.41, 5.74) is 0.970. The molecule has 0 bridgehead atoms. The Hall–Kier alpha value is -2.94. The lowest BCUT2D eigenvalue weighted by molar-refractivity contribution is 0.0475. The van der Waals surface area contributed by atoms with Gasteiger partial charge < -0.3 is 20.3 Å². The number of imide groups is 1. The second-order valence-electron chi connectivity index (χ2n) is 10.1. The van der Waals surface area contributed by atoms with Gasteiger partial charge in [-0.05, 0) is 56.7 Å². The molecule has 35 heavy (non-hydrogen) atoms. The first-order chi connectivity index (χ1) is 17.0. The highest BCUT2D eigenvalue weighted by molar-refractivity contribution is 6.22. The van der Waals surface area contributed by atoms with E-state index < -0.39 is 0 Å². The number of carbonyl (C=O) groups excluding carboxylic acids is 4. The molecule has 1 unspecified atom stereocenters. The van der Waals surface area contributed by atoms with Crippen LogP contribution in [0.3, 0.4) is 0 Å². The number of urea groups is 1. The van der Waals surface area contributed by atoms with E-state index in [1.807, 2.05) is 4.90 Å². The summed E-state index contributed by atoms with van der Waals surface area (Å²) in [5.74, 6) is -0.963. The van der Waals surface area contributed by atoms with Crippen molar-refractivity contribution in [2.75, 3.05) is 26.2 Å². The summed E-state index contributed by atoms with van der Waals surface area (Å²) in [6, 6.07) is 4.93. The number of hydrogen-bond donors (Lipinski definition) is 2. The van der Waals surface area contributed by atoms with Crippen LogP contribution in [0.15, 0.2) is 18.2 Å². The fourth-order valence-corrected chi connectivity index (χ4v) is 5.60. The van der Waals surface area contributed by atoms with E-state index in [9.17, 15) is 19.2 Å². The van der Waals surface area contributed by atoms with Crippen LogP contribution in [0.4, 0.5) is 4.79 Å². The summed E-state index contributed by atoms with van der Waals surface area (Å²) in [6.07, 6.45) is 8.73. The lowest BCUT2D eigenvalue weighted by Crippen LogP contribution is -2.51. The average molecular weight is 483 g/mol. The monoisotopic (exact) mass is 482 g/mol. The molecule has 1 saturated carbocycles. The molecule has 4 aliphatic rings. The molecule has 1 aliphatic carbocycles. The van der Waals surface area contributed by atoms with Crippen LogP contribution in [-0.4, -0.2) is 78.0 Å². The van der Waals surface area contributed by atoms with E-state index in [0.29, 0.717) is 43.7 Å². The Labute approximate surface area is 205 Å². The number of benzene rings is 1. The first-order valence-electron chi connectivity index (χ1n) is 13.0. The second-order valence-corrected chi connectivity index (χ2v) is 10.1. The normalized spacial score (nSPS) is 23.5. The molecular weight excluding hydrogens is 448 g/mol. The van der Waals surface area contributed by atoms with Crippen LogP contribution in [0.2, 0.25) is 0 Å². The van der Waals surface area contributed by atoms with E-state index in [-0.39, 0.29) is 54.0 Å². The summed E-state index contributed by atoms with van der Waals surface area (Å²) in [4.78, 5) is 54.1. The van der Waals surface area contributed by atoms with E-state index in [1.165, 1.54) is 30.2 Å². The molecule has 1 atom stereocenters. The number of nitrogens with one attached hydrogen (secondary N) is 2. The standard InChI is InChI=1S/C26H34N4O5/c31-23(27-19-10-12-29(13-11-19)26(34)28-18-5-2-1-3-6-18)17-8-9-21-22(15-17)25(33)30(24(21)32)16-20-7-4-14-35-20/h8-9,15,18-20H,1-7,10-14,16H2,(H,27,31)(H,28,34). The van der Waals surface area contributed by atoms with Gasteiger partial charge in [0, 0.05) is 37.3 Å². The third-order valence-electron chi connectivity index (χ3n) is 7.69. The van der Waals surface area contributed by atoms with Crippen molar-refractivity contribution in [2.24, 2.45) is 0 Å². The SMILES string of the molecule is O=C(NC1CCN(C(=O)NC2CCCCC2)CC1)c1ccc2c(c1)C(=O)N(CC1CCCO1)C2=O. The number of rotatable bonds is 5. The predicted octanol–water partition coefficient (Wildman–Crippen LogP) is 2.70. The molecule has 2 saturated heterocycles. The highest BCUT2D eigenvalue weighted by Gasteiger charge is 2.38. The number of nitrogens with zero attached hydrogens (tertiary/aromatic N) is 2. The molecule has 1 aromatic rings. The van der Waals surface area contributed by atoms with Crippen molar-refractivity contribution in [3.05, 3.63) is 34.9 Å². The number of likely N-dealkylation sites (tertiary alicyclic amines) is 1. The van der Waals surface area contributed by atoms with Gasteiger partial charge in [-0.3, -0.25) is 19.3 Å². The van der Waals surface area contributed by atoms with Crippen LogP contribution in [-0.2, 0) is 4.74 Å². The highest BCUT2D eigenvalue weighted by atomic mass is 16.5. The largest absolute Gasteiger partial charge is 0.376 e. The fourth-order valence-electron chi connectivity index (χ4n) is 5.60. The zero-order valence-electron chi connectivity index (χ0n) is 20.1. The van der Waals surface area contributed by atoms with Gasteiger partial charge in [0.15, 0.2) is 0 Å². The lowest BCUT2D eigenvalue weighted by Gasteiger charge is -2.34. The van der Waals surface area contributed by atoms with E-state index in [2.05, 4.69) is 10.6 Å². The molecule has 5 amide bonds. The van der Waals surface area contributed by atoms with E-state index in [0.717, 1.165) is 25.7 Å². The van der Waals surface area contributed by atoms with Crippen LogP contribution in [0.1, 0.15) is 88.9 Å². The Morgan fingerprint density at radius 1 is 0.857 bits per heavy atom. The fraction of sp³-hybridized carbons (Fsp3) is 0.615. The van der Waals surface area contributed by atoms with Crippen molar-refractivity contribution >= 4 is 23.8 Å². The number of carbonyl (C=O) groups is 4. The van der Waals surface area contributed by atoms with E-state index >= 15 is 0 Å². The second kappa shape index (κ2) is 10.4. The molecule has 2 N–H and O–H groups in total. The number of piperidine rings is 1. The molecule has 9 heteroatoms. The van der Waals surface area contributed by atoms with Gasteiger partial charge in [-0.15, -0.1) is 0 Å². The van der Waals surface area contributed by atoms with E-state index in [4.69, 9.17) is 4.74 Å². The topological polar surface area (TPSA) is 108 Å². The summed E-state index contributed by atoms with van der Waals surface area (Å²) in [5, 5.41) is 6.19. The van der Waals surface area contributed by atoms with E-state index in [1.54, 1.807) is 12.1 Å². The summed E-state index contributed by atoms with van der Waals surface area (Å²) in [7, 11) is 0. The molecule has 9 nitrogen and oxygen atoms in total. The van der Waals surface area contributed by atoms with Crippen molar-refractivity contribution in [1.82, 2.24) is 20.4 Å². The molecule has 3 fully saturated rings. The quantitative estimate of drug-likeness (QED) is 0.628. The maximum absolute atomic E-state index is 12.9. The number of fused-ring (bicyclic) bond motifs is 1. The Morgan fingerprint density at radius 2 is 1.57 bits per heavy atom. The molecule has 0 spiro atoms. The molecule has 1 aromatic carbocycles. The van der Waals surface area contributed by atoms with Crippen LogP contribution >= 0.6 is 0 Å². The van der Waals surface area contributed by atoms with Gasteiger partial charge in [-0.2, -0.15) is 0 Å². The number of ether oxygens (including phenoxy) is 1. The number of amides is 5. The zero-order chi connectivity index (χ0) is 24.4. The maximum Gasteiger partial charge on any atom is 0.317 e. The van der Waals surface area contributed by atoms with Crippen LogP contribution in [0.5, 0.6) is 0 Å².